The van der Waals surface area contributed by atoms with Gasteiger partial charge in [0.25, 0.3) is 0 Å². The summed E-state index contributed by atoms with van der Waals surface area (Å²) >= 11 is 0. The Bertz CT molecular complexity index is 2460. The number of aromatic nitrogens is 4. The number of nitrogens with zero attached hydrogens (tertiary/aromatic N) is 4. The summed E-state index contributed by atoms with van der Waals surface area (Å²) in [5, 5.41) is 7.36. The van der Waals surface area contributed by atoms with Gasteiger partial charge in [-0.1, -0.05) is 79.7 Å². The van der Waals surface area contributed by atoms with Crippen LogP contribution in [0.4, 0.5) is 0 Å². The Labute approximate surface area is 328 Å². The van der Waals surface area contributed by atoms with Gasteiger partial charge in [0.15, 0.2) is 0 Å². The van der Waals surface area contributed by atoms with Gasteiger partial charge in [0.2, 0.25) is 0 Å². The predicted molar refractivity (Wildman–Crippen MR) is 232 cm³/mol. The van der Waals surface area contributed by atoms with Crippen molar-refractivity contribution in [3.05, 3.63) is 131 Å². The van der Waals surface area contributed by atoms with Gasteiger partial charge >= 0.3 is 0 Å². The lowest BCUT2D eigenvalue weighted by molar-refractivity contribution is 0.376. The minimum Gasteiger partial charge on any atom is -0.457 e. The van der Waals surface area contributed by atoms with Crippen molar-refractivity contribution in [2.75, 3.05) is 0 Å². The molecule has 7 aromatic rings. The van der Waals surface area contributed by atoms with Crippen molar-refractivity contribution >= 4 is 21.8 Å². The molecule has 0 spiro atoms. The van der Waals surface area contributed by atoms with Gasteiger partial charge in [-0.25, -0.2) is 9.67 Å². The van der Waals surface area contributed by atoms with Crippen LogP contribution in [-0.4, -0.2) is 19.3 Å². The Hall–Kier alpha value is -5.16. The zero-order valence-electron chi connectivity index (χ0n) is 34.8. The molecule has 4 aromatic carbocycles. The molecule has 0 aliphatic rings. The Morgan fingerprint density at radius 2 is 1.36 bits per heavy atom. The highest BCUT2D eigenvalue weighted by atomic mass is 16.5. The van der Waals surface area contributed by atoms with Crippen LogP contribution in [0.5, 0.6) is 11.5 Å². The van der Waals surface area contributed by atoms with Crippen molar-refractivity contribution in [1.82, 2.24) is 19.3 Å². The van der Waals surface area contributed by atoms with Gasteiger partial charge in [0, 0.05) is 40.9 Å². The fourth-order valence-corrected chi connectivity index (χ4v) is 7.89. The molecular formula is C50H58N4O. The number of para-hydroxylation sites is 1. The van der Waals surface area contributed by atoms with E-state index in [2.05, 4.69) is 172 Å². The van der Waals surface area contributed by atoms with E-state index in [4.69, 9.17) is 14.8 Å². The molecule has 0 N–H and O–H groups in total. The van der Waals surface area contributed by atoms with Gasteiger partial charge in [-0.2, -0.15) is 5.10 Å². The number of hydrogen-bond donors (Lipinski definition) is 0. The topological polar surface area (TPSA) is 44.9 Å². The summed E-state index contributed by atoms with van der Waals surface area (Å²) in [6.45, 7) is 25.2. The molecule has 0 unspecified atom stereocenters. The van der Waals surface area contributed by atoms with Crippen molar-refractivity contribution in [3.63, 3.8) is 0 Å². The second-order valence-electron chi connectivity index (χ2n) is 18.4. The van der Waals surface area contributed by atoms with Crippen LogP contribution in [0.15, 0.2) is 97.5 Å². The second-order valence-corrected chi connectivity index (χ2v) is 18.4. The quantitative estimate of drug-likeness (QED) is 0.141. The third-order valence-corrected chi connectivity index (χ3v) is 11.0. The van der Waals surface area contributed by atoms with Gasteiger partial charge in [-0.05, 0) is 145 Å². The molecule has 0 aliphatic carbocycles. The summed E-state index contributed by atoms with van der Waals surface area (Å²) in [5.41, 5.74) is 14.2. The first-order chi connectivity index (χ1) is 26.0. The molecule has 5 nitrogen and oxygen atoms in total. The molecule has 0 aliphatic heterocycles. The van der Waals surface area contributed by atoms with Crippen LogP contribution in [0.3, 0.4) is 0 Å². The zero-order chi connectivity index (χ0) is 39.2. The molecule has 0 atom stereocenters. The molecule has 0 saturated heterocycles. The van der Waals surface area contributed by atoms with Gasteiger partial charge in [0.05, 0.1) is 22.9 Å². The average Bonchev–Trinajstić information content (AvgIpc) is 3.73. The highest BCUT2D eigenvalue weighted by molar-refractivity contribution is 6.09. The first kappa shape index (κ1) is 38.1. The van der Waals surface area contributed by atoms with Crippen LogP contribution in [-0.2, 0) is 12.8 Å². The third-order valence-electron chi connectivity index (χ3n) is 11.0. The molecular weight excluding hydrogens is 673 g/mol. The minimum atomic E-state index is 0.249. The molecule has 284 valence electrons. The van der Waals surface area contributed by atoms with Crippen LogP contribution < -0.4 is 4.74 Å². The van der Waals surface area contributed by atoms with Crippen molar-refractivity contribution in [1.29, 1.82) is 0 Å². The third kappa shape index (κ3) is 8.27. The predicted octanol–water partition coefficient (Wildman–Crippen LogP) is 13.8. The molecule has 3 heterocycles. The molecule has 5 heteroatoms. The lowest BCUT2D eigenvalue weighted by Gasteiger charge is -2.25. The lowest BCUT2D eigenvalue weighted by Crippen LogP contribution is -2.11. The van der Waals surface area contributed by atoms with Crippen LogP contribution in [0.1, 0.15) is 108 Å². The number of benzene rings is 4. The van der Waals surface area contributed by atoms with Crippen molar-refractivity contribution < 1.29 is 4.74 Å². The fourth-order valence-electron chi connectivity index (χ4n) is 7.89. The van der Waals surface area contributed by atoms with Gasteiger partial charge in [0.1, 0.15) is 17.3 Å². The summed E-state index contributed by atoms with van der Waals surface area (Å²) in [7, 11) is 0. The largest absolute Gasteiger partial charge is 0.457 e. The molecule has 0 radical (unpaired) electrons. The van der Waals surface area contributed by atoms with E-state index < -0.39 is 0 Å². The first-order valence-corrected chi connectivity index (χ1v) is 20.0. The molecule has 0 amide bonds. The number of aryl methyl sites for hydroxylation is 3. The van der Waals surface area contributed by atoms with Crippen molar-refractivity contribution in [3.8, 4) is 34.1 Å². The maximum absolute atomic E-state index is 6.69. The Morgan fingerprint density at radius 3 is 2.04 bits per heavy atom. The normalized spacial score (nSPS) is 12.4. The fraction of sp³-hybridized carbons (Fsp3) is 0.360. The van der Waals surface area contributed by atoms with E-state index in [9.17, 15) is 0 Å². The molecule has 0 fully saturated rings. The lowest BCUT2D eigenvalue weighted by atomic mass is 9.80. The summed E-state index contributed by atoms with van der Waals surface area (Å²) in [5.74, 6) is 2.87. The summed E-state index contributed by atoms with van der Waals surface area (Å²) in [6, 6.07) is 28.0. The van der Waals surface area contributed by atoms with Gasteiger partial charge in [-0.3, -0.25) is 4.57 Å². The molecule has 0 bridgehead atoms. The van der Waals surface area contributed by atoms with E-state index >= 15 is 0 Å². The Morgan fingerprint density at radius 1 is 0.691 bits per heavy atom. The van der Waals surface area contributed by atoms with Crippen LogP contribution in [0, 0.1) is 31.6 Å². The smallest absolute Gasteiger partial charge is 0.137 e. The molecule has 3 aromatic heterocycles. The SMILES string of the molecule is Cc1cc(Oc2ccc3c4ccccc4n(-c4cc(C(C)C)ccn4)c3c2)cc(-n2cc(-c3c(CCC(C)(C)C)c(C)cc(C)c3CCC(C)(C)C)cn2)c1. The Balaban J connectivity index is 1.26. The average molecular weight is 731 g/mol. The highest BCUT2D eigenvalue weighted by Crippen LogP contribution is 2.39. The second kappa shape index (κ2) is 14.8. The van der Waals surface area contributed by atoms with E-state index in [0.29, 0.717) is 5.92 Å². The number of rotatable bonds is 10. The van der Waals surface area contributed by atoms with Crippen LogP contribution in [0.2, 0.25) is 0 Å². The molecule has 7 rings (SSSR count). The molecule has 55 heavy (non-hydrogen) atoms. The van der Waals surface area contributed by atoms with Crippen LogP contribution in [0.25, 0.3) is 44.4 Å². The van der Waals surface area contributed by atoms with Crippen LogP contribution >= 0.6 is 0 Å². The summed E-state index contributed by atoms with van der Waals surface area (Å²) in [6.07, 6.45) is 10.5. The minimum absolute atomic E-state index is 0.249. The maximum atomic E-state index is 6.69. The highest BCUT2D eigenvalue weighted by Gasteiger charge is 2.22. The van der Waals surface area contributed by atoms with Gasteiger partial charge in [-0.15, -0.1) is 0 Å². The van der Waals surface area contributed by atoms with E-state index in [-0.39, 0.29) is 10.8 Å². The summed E-state index contributed by atoms with van der Waals surface area (Å²) in [4.78, 5) is 4.83. The monoisotopic (exact) mass is 730 g/mol. The number of pyridine rings is 1. The van der Waals surface area contributed by atoms with Crippen molar-refractivity contribution in [2.24, 2.45) is 10.8 Å². The summed E-state index contributed by atoms with van der Waals surface area (Å²) < 4.78 is 11.0. The number of hydrogen-bond acceptors (Lipinski definition) is 3. The van der Waals surface area contributed by atoms with E-state index in [1.807, 2.05) is 10.9 Å². The maximum Gasteiger partial charge on any atom is 0.137 e. The van der Waals surface area contributed by atoms with Gasteiger partial charge < -0.3 is 4.74 Å². The van der Waals surface area contributed by atoms with Crippen molar-refractivity contribution in [2.45, 2.75) is 108 Å². The Kier molecular flexibility index (Phi) is 10.3. The van der Waals surface area contributed by atoms with E-state index in [1.165, 1.54) is 49.7 Å². The zero-order valence-corrected chi connectivity index (χ0v) is 34.8. The number of fused-ring (bicyclic) bond motifs is 3. The van der Waals surface area contributed by atoms with E-state index in [0.717, 1.165) is 65.3 Å². The first-order valence-electron chi connectivity index (χ1n) is 20.0. The van der Waals surface area contributed by atoms with E-state index in [1.54, 1.807) is 0 Å². The standard InChI is InChI=1S/C50H58N4O/c1-32(2)36-20-23-51-47(27-36)54-45-15-13-12-14-43(45)44-17-16-39(29-46(44)54)55-40-25-33(3)24-38(28-40)53-31-37(30-52-53)48-41(18-21-49(6,7)8)34(4)26-35(5)42(48)19-22-50(9,10)11/h12-17,20,23-32H,18-19,21-22H2,1-11H3. The molecule has 0 saturated carbocycles. The number of ether oxygens (including phenoxy) is 1.